The Bertz CT molecular complexity index is 351. The molecule has 0 fully saturated rings. The van der Waals surface area contributed by atoms with Crippen molar-refractivity contribution in [3.05, 3.63) is 27.5 Å². The normalized spacial score (nSPS) is 15.2. The molecule has 0 spiro atoms. The number of hydrogen-bond donors (Lipinski definition) is 1. The maximum absolute atomic E-state index is 11.2. The largest absolute Gasteiger partial charge is 0.347 e. The molecular formula is C9H9NOS. The van der Waals surface area contributed by atoms with Gasteiger partial charge in [0.1, 0.15) is 0 Å². The molecule has 1 aromatic rings. The zero-order valence-corrected chi connectivity index (χ0v) is 7.57. The van der Waals surface area contributed by atoms with E-state index in [0.29, 0.717) is 6.54 Å². The topological polar surface area (TPSA) is 29.1 Å². The summed E-state index contributed by atoms with van der Waals surface area (Å²) < 4.78 is 0. The molecule has 0 radical (unpaired) electrons. The van der Waals surface area contributed by atoms with Gasteiger partial charge in [-0.25, -0.2) is 0 Å². The van der Waals surface area contributed by atoms with Crippen LogP contribution in [0.2, 0.25) is 0 Å². The van der Waals surface area contributed by atoms with Crippen molar-refractivity contribution in [2.45, 2.75) is 13.5 Å². The summed E-state index contributed by atoms with van der Waals surface area (Å²) in [5, 5.41) is 2.78. The first-order valence-electron chi connectivity index (χ1n) is 3.85. The Balaban J connectivity index is 2.42. The van der Waals surface area contributed by atoms with Crippen LogP contribution in [0.15, 0.2) is 12.1 Å². The van der Waals surface area contributed by atoms with Gasteiger partial charge in [-0.05, 0) is 24.6 Å². The quantitative estimate of drug-likeness (QED) is 0.702. The molecule has 0 aromatic carbocycles. The highest BCUT2D eigenvalue weighted by molar-refractivity contribution is 7.15. The zero-order chi connectivity index (χ0) is 8.55. The first kappa shape index (κ1) is 7.55. The average Bonchev–Trinajstić information content (AvgIpc) is 2.55. The third kappa shape index (κ3) is 1.06. The molecule has 1 N–H and O–H groups in total. The zero-order valence-electron chi connectivity index (χ0n) is 6.76. The van der Waals surface area contributed by atoms with Crippen LogP contribution >= 0.6 is 11.3 Å². The van der Waals surface area contributed by atoms with Crippen LogP contribution in [0.25, 0.3) is 6.08 Å². The maximum Gasteiger partial charge on any atom is 0.261 e. The smallest absolute Gasteiger partial charge is 0.261 e. The number of allylic oxidation sites excluding steroid dienone is 1. The molecule has 1 aliphatic rings. The molecule has 1 aliphatic heterocycles. The monoisotopic (exact) mass is 179 g/mol. The Morgan fingerprint density at radius 3 is 3.17 bits per heavy atom. The van der Waals surface area contributed by atoms with E-state index in [-0.39, 0.29) is 5.91 Å². The van der Waals surface area contributed by atoms with E-state index in [1.165, 1.54) is 0 Å². The van der Waals surface area contributed by atoms with Crippen molar-refractivity contribution in [1.82, 2.24) is 5.32 Å². The summed E-state index contributed by atoms with van der Waals surface area (Å²) in [4.78, 5) is 13.2. The van der Waals surface area contributed by atoms with Gasteiger partial charge in [0, 0.05) is 11.4 Å². The van der Waals surface area contributed by atoms with Crippen molar-refractivity contribution < 1.29 is 4.79 Å². The molecule has 0 aliphatic carbocycles. The number of rotatable bonds is 1. The van der Waals surface area contributed by atoms with Crippen molar-refractivity contribution in [2.24, 2.45) is 0 Å². The Morgan fingerprint density at radius 2 is 2.50 bits per heavy atom. The van der Waals surface area contributed by atoms with E-state index in [9.17, 15) is 4.79 Å². The van der Waals surface area contributed by atoms with E-state index in [1.807, 2.05) is 19.1 Å². The van der Waals surface area contributed by atoms with Crippen LogP contribution in [0.3, 0.4) is 0 Å². The van der Waals surface area contributed by atoms with Crippen LogP contribution in [0.5, 0.6) is 0 Å². The Hall–Kier alpha value is -1.09. The Kier molecular flexibility index (Phi) is 1.73. The van der Waals surface area contributed by atoms with Crippen LogP contribution in [0, 0.1) is 0 Å². The van der Waals surface area contributed by atoms with Crippen molar-refractivity contribution >= 4 is 23.3 Å². The molecule has 2 heterocycles. The number of thiophene rings is 1. The SMILES string of the molecule is C/C=C/c1cc2c(s1)C(=O)NC2. The summed E-state index contributed by atoms with van der Waals surface area (Å²) in [6.07, 6.45) is 4.01. The van der Waals surface area contributed by atoms with Gasteiger partial charge in [-0.1, -0.05) is 6.08 Å². The van der Waals surface area contributed by atoms with Gasteiger partial charge < -0.3 is 5.32 Å². The highest BCUT2D eigenvalue weighted by Crippen LogP contribution is 2.26. The van der Waals surface area contributed by atoms with Crippen molar-refractivity contribution in [3.63, 3.8) is 0 Å². The lowest BCUT2D eigenvalue weighted by molar-refractivity contribution is 0.0969. The standard InChI is InChI=1S/C9H9NOS/c1-2-3-7-4-6-5-10-9(11)8(6)12-7/h2-4H,5H2,1H3,(H,10,11)/b3-2+. The third-order valence-corrected chi connectivity index (χ3v) is 2.95. The second-order valence-electron chi connectivity index (χ2n) is 2.69. The minimum absolute atomic E-state index is 0.0748. The van der Waals surface area contributed by atoms with E-state index in [2.05, 4.69) is 11.4 Å². The van der Waals surface area contributed by atoms with Crippen LogP contribution in [0.1, 0.15) is 27.0 Å². The first-order chi connectivity index (χ1) is 5.81. The van der Waals surface area contributed by atoms with Gasteiger partial charge in [0.05, 0.1) is 4.88 Å². The average molecular weight is 179 g/mol. The predicted octanol–water partition coefficient (Wildman–Crippen LogP) is 2.02. The molecule has 0 bridgehead atoms. The van der Waals surface area contributed by atoms with Crippen LogP contribution in [-0.2, 0) is 6.54 Å². The number of hydrogen-bond acceptors (Lipinski definition) is 2. The summed E-state index contributed by atoms with van der Waals surface area (Å²) in [5.41, 5.74) is 1.14. The van der Waals surface area contributed by atoms with E-state index >= 15 is 0 Å². The lowest BCUT2D eigenvalue weighted by Gasteiger charge is -1.88. The fourth-order valence-electron chi connectivity index (χ4n) is 1.28. The molecule has 2 rings (SSSR count). The molecule has 3 heteroatoms. The second-order valence-corrected chi connectivity index (χ2v) is 3.77. The summed E-state index contributed by atoms with van der Waals surface area (Å²) in [5.74, 6) is 0.0748. The summed E-state index contributed by atoms with van der Waals surface area (Å²) >= 11 is 1.56. The van der Waals surface area contributed by atoms with E-state index in [4.69, 9.17) is 0 Å². The summed E-state index contributed by atoms with van der Waals surface area (Å²) in [7, 11) is 0. The molecule has 2 nitrogen and oxygen atoms in total. The number of amides is 1. The Morgan fingerprint density at radius 1 is 1.67 bits per heavy atom. The molecular weight excluding hydrogens is 170 g/mol. The van der Waals surface area contributed by atoms with Crippen LogP contribution in [0.4, 0.5) is 0 Å². The maximum atomic E-state index is 11.2. The molecule has 1 amide bonds. The van der Waals surface area contributed by atoms with Crippen molar-refractivity contribution in [1.29, 1.82) is 0 Å². The van der Waals surface area contributed by atoms with Gasteiger partial charge in [0.2, 0.25) is 0 Å². The van der Waals surface area contributed by atoms with Crippen molar-refractivity contribution in [2.75, 3.05) is 0 Å². The summed E-state index contributed by atoms with van der Waals surface area (Å²) in [6, 6.07) is 2.07. The van der Waals surface area contributed by atoms with Gasteiger partial charge in [0.25, 0.3) is 5.91 Å². The van der Waals surface area contributed by atoms with Crippen molar-refractivity contribution in [3.8, 4) is 0 Å². The fraction of sp³-hybridized carbons (Fsp3) is 0.222. The van der Waals surface area contributed by atoms with Crippen LogP contribution < -0.4 is 5.32 Å². The van der Waals surface area contributed by atoms with Gasteiger partial charge in [-0.2, -0.15) is 0 Å². The lowest BCUT2D eigenvalue weighted by atomic mass is 10.3. The molecule has 1 aromatic heterocycles. The molecule has 0 saturated carbocycles. The van der Waals surface area contributed by atoms with Crippen LogP contribution in [-0.4, -0.2) is 5.91 Å². The number of fused-ring (bicyclic) bond motifs is 1. The molecule has 0 unspecified atom stereocenters. The minimum atomic E-state index is 0.0748. The first-order valence-corrected chi connectivity index (χ1v) is 4.66. The van der Waals surface area contributed by atoms with E-state index < -0.39 is 0 Å². The van der Waals surface area contributed by atoms with E-state index in [0.717, 1.165) is 15.3 Å². The van der Waals surface area contributed by atoms with Gasteiger partial charge in [-0.15, -0.1) is 11.3 Å². The molecule has 0 atom stereocenters. The van der Waals surface area contributed by atoms with Gasteiger partial charge in [-0.3, -0.25) is 4.79 Å². The number of carbonyl (C=O) groups is 1. The predicted molar refractivity (Wildman–Crippen MR) is 50.2 cm³/mol. The molecule has 12 heavy (non-hydrogen) atoms. The number of carbonyl (C=O) groups excluding carboxylic acids is 1. The van der Waals surface area contributed by atoms with Gasteiger partial charge in [0.15, 0.2) is 0 Å². The minimum Gasteiger partial charge on any atom is -0.347 e. The third-order valence-electron chi connectivity index (χ3n) is 1.80. The highest BCUT2D eigenvalue weighted by atomic mass is 32.1. The van der Waals surface area contributed by atoms with E-state index in [1.54, 1.807) is 11.3 Å². The second kappa shape index (κ2) is 2.75. The Labute approximate surface area is 74.9 Å². The highest BCUT2D eigenvalue weighted by Gasteiger charge is 2.21. The molecule has 62 valence electrons. The molecule has 0 saturated heterocycles. The van der Waals surface area contributed by atoms with Gasteiger partial charge >= 0.3 is 0 Å². The summed E-state index contributed by atoms with van der Waals surface area (Å²) in [6.45, 7) is 2.67. The fourth-order valence-corrected chi connectivity index (χ4v) is 2.34. The number of nitrogens with one attached hydrogen (secondary N) is 1. The lowest BCUT2D eigenvalue weighted by Crippen LogP contribution is -2.12.